The third-order valence-corrected chi connectivity index (χ3v) is 5.53. The molecule has 1 rings (SSSR count). The van der Waals surface area contributed by atoms with Gasteiger partial charge in [0.2, 0.25) is 5.91 Å². The maximum Gasteiger partial charge on any atom is 0.341 e. The Kier molecular flexibility index (Phi) is 6.20. The average Bonchev–Trinajstić information content (AvgIpc) is 2.64. The number of halogens is 1. The van der Waals surface area contributed by atoms with Crippen LogP contribution in [0, 0.1) is 19.8 Å². The van der Waals surface area contributed by atoms with Crippen LogP contribution in [0.25, 0.3) is 0 Å². The lowest BCUT2D eigenvalue weighted by molar-refractivity contribution is -0.116. The summed E-state index contributed by atoms with van der Waals surface area (Å²) < 4.78 is 5.06. The number of hydrogen-bond donors (Lipinski definition) is 1. The Hall–Kier alpha value is -0.880. The van der Waals surface area contributed by atoms with E-state index in [-0.39, 0.29) is 22.6 Å². The minimum atomic E-state index is -0.389. The number of ether oxygens (including phenoxy) is 1. The summed E-state index contributed by atoms with van der Waals surface area (Å²) in [5.41, 5.74) is 1.32. The van der Waals surface area contributed by atoms with Crippen molar-refractivity contribution in [3.8, 4) is 0 Å². The molecule has 0 aliphatic carbocycles. The molecule has 1 atom stereocenters. The van der Waals surface area contributed by atoms with Crippen LogP contribution in [-0.2, 0) is 9.53 Å². The van der Waals surface area contributed by atoms with Crippen molar-refractivity contribution in [2.75, 3.05) is 11.9 Å². The monoisotopic (exact) mass is 361 g/mol. The molecule has 0 spiro atoms. The van der Waals surface area contributed by atoms with E-state index in [0.717, 1.165) is 10.4 Å². The molecule has 0 aliphatic heterocycles. The van der Waals surface area contributed by atoms with Gasteiger partial charge < -0.3 is 10.1 Å². The molecule has 1 N–H and O–H groups in total. The maximum absolute atomic E-state index is 12.1. The minimum absolute atomic E-state index is 0.146. The summed E-state index contributed by atoms with van der Waals surface area (Å²) in [6.45, 7) is 9.77. The first-order chi connectivity index (χ1) is 9.29. The lowest BCUT2D eigenvalue weighted by Gasteiger charge is -2.13. The fraction of sp³-hybridized carbons (Fsp3) is 0.571. The van der Waals surface area contributed by atoms with Crippen LogP contribution in [-0.4, -0.2) is 23.3 Å². The van der Waals surface area contributed by atoms with Crippen LogP contribution in [0.15, 0.2) is 0 Å². The molecule has 0 radical (unpaired) electrons. The number of alkyl halides is 1. The van der Waals surface area contributed by atoms with Gasteiger partial charge in [-0.3, -0.25) is 4.79 Å². The maximum atomic E-state index is 12.1. The van der Waals surface area contributed by atoms with E-state index in [1.807, 2.05) is 27.7 Å². The van der Waals surface area contributed by atoms with Crippen LogP contribution in [0.4, 0.5) is 5.00 Å². The largest absolute Gasteiger partial charge is 0.462 e. The zero-order valence-corrected chi connectivity index (χ0v) is 14.8. The second-order valence-electron chi connectivity index (χ2n) is 4.84. The Morgan fingerprint density at radius 3 is 2.45 bits per heavy atom. The van der Waals surface area contributed by atoms with Gasteiger partial charge in [0.1, 0.15) is 5.00 Å². The van der Waals surface area contributed by atoms with Crippen LogP contribution in [0.1, 0.15) is 41.6 Å². The molecule has 1 aromatic heterocycles. The quantitative estimate of drug-likeness (QED) is 0.639. The van der Waals surface area contributed by atoms with E-state index in [1.54, 1.807) is 6.92 Å². The summed E-state index contributed by atoms with van der Waals surface area (Å²) in [5.74, 6) is -0.365. The van der Waals surface area contributed by atoms with Gasteiger partial charge in [-0.2, -0.15) is 0 Å². The van der Waals surface area contributed by atoms with Crippen molar-refractivity contribution >= 4 is 44.1 Å². The van der Waals surface area contributed by atoms with Crippen molar-refractivity contribution in [2.24, 2.45) is 5.92 Å². The Balaban J connectivity index is 3.04. The molecule has 4 nitrogen and oxygen atoms in total. The van der Waals surface area contributed by atoms with Crippen molar-refractivity contribution < 1.29 is 14.3 Å². The van der Waals surface area contributed by atoms with Crippen molar-refractivity contribution in [1.29, 1.82) is 0 Å². The number of amides is 1. The van der Waals surface area contributed by atoms with E-state index in [1.165, 1.54) is 11.3 Å². The van der Waals surface area contributed by atoms with Crippen LogP contribution < -0.4 is 5.32 Å². The van der Waals surface area contributed by atoms with E-state index >= 15 is 0 Å². The molecule has 0 fully saturated rings. The molecule has 1 amide bonds. The molecular formula is C14H20BrNO3S. The predicted molar refractivity (Wildman–Crippen MR) is 85.9 cm³/mol. The van der Waals surface area contributed by atoms with Gasteiger partial charge >= 0.3 is 5.97 Å². The van der Waals surface area contributed by atoms with Gasteiger partial charge in [0, 0.05) is 4.88 Å². The first-order valence-corrected chi connectivity index (χ1v) is 8.24. The van der Waals surface area contributed by atoms with Crippen molar-refractivity contribution in [1.82, 2.24) is 0 Å². The number of anilines is 1. The van der Waals surface area contributed by atoms with Gasteiger partial charge in [0.25, 0.3) is 0 Å². The number of aryl methyl sites for hydroxylation is 1. The minimum Gasteiger partial charge on any atom is -0.462 e. The van der Waals surface area contributed by atoms with Crippen molar-refractivity contribution in [3.05, 3.63) is 16.0 Å². The highest BCUT2D eigenvalue weighted by Gasteiger charge is 2.25. The SMILES string of the molecule is CCOC(=O)c1c(NC(=O)C(Br)C(C)C)sc(C)c1C. The molecule has 1 aromatic rings. The zero-order chi connectivity index (χ0) is 15.4. The number of rotatable bonds is 5. The molecule has 6 heteroatoms. The Labute approximate surface area is 132 Å². The highest BCUT2D eigenvalue weighted by atomic mass is 79.9. The van der Waals surface area contributed by atoms with Crippen LogP contribution in [0.3, 0.4) is 0 Å². The molecule has 112 valence electrons. The molecule has 1 unspecified atom stereocenters. The smallest absolute Gasteiger partial charge is 0.341 e. The number of nitrogens with one attached hydrogen (secondary N) is 1. The highest BCUT2D eigenvalue weighted by molar-refractivity contribution is 9.10. The van der Waals surface area contributed by atoms with E-state index in [4.69, 9.17) is 4.74 Å². The van der Waals surface area contributed by atoms with E-state index in [9.17, 15) is 9.59 Å². The number of carbonyl (C=O) groups excluding carboxylic acids is 2. The summed E-state index contributed by atoms with van der Waals surface area (Å²) in [7, 11) is 0. The summed E-state index contributed by atoms with van der Waals surface area (Å²) >= 11 is 4.76. The van der Waals surface area contributed by atoms with Gasteiger partial charge in [0.15, 0.2) is 0 Å². The van der Waals surface area contributed by atoms with Crippen molar-refractivity contribution in [3.63, 3.8) is 0 Å². The zero-order valence-electron chi connectivity index (χ0n) is 12.4. The lowest BCUT2D eigenvalue weighted by atomic mass is 10.1. The van der Waals surface area contributed by atoms with Gasteiger partial charge in [-0.15, -0.1) is 11.3 Å². The summed E-state index contributed by atoms with van der Waals surface area (Å²) in [4.78, 5) is 24.8. The van der Waals surface area contributed by atoms with E-state index in [2.05, 4.69) is 21.2 Å². The van der Waals surface area contributed by atoms with Gasteiger partial charge in [-0.05, 0) is 32.3 Å². The summed E-state index contributed by atoms with van der Waals surface area (Å²) in [5, 5.41) is 3.39. The first-order valence-electron chi connectivity index (χ1n) is 6.51. The molecule has 0 saturated heterocycles. The van der Waals surface area contributed by atoms with Crippen LogP contribution in [0.2, 0.25) is 0 Å². The second kappa shape index (κ2) is 7.22. The average molecular weight is 362 g/mol. The second-order valence-corrected chi connectivity index (χ2v) is 7.05. The number of hydrogen-bond acceptors (Lipinski definition) is 4. The summed E-state index contributed by atoms with van der Waals surface area (Å²) in [6, 6.07) is 0. The predicted octanol–water partition coefficient (Wildman–Crippen LogP) is 3.90. The van der Waals surface area contributed by atoms with E-state index < -0.39 is 0 Å². The highest BCUT2D eigenvalue weighted by Crippen LogP contribution is 2.33. The molecule has 0 aromatic carbocycles. The molecule has 0 aliphatic rings. The topological polar surface area (TPSA) is 55.4 Å². The number of thiophene rings is 1. The lowest BCUT2D eigenvalue weighted by Crippen LogP contribution is -2.27. The normalized spacial score (nSPS) is 12.3. The fourth-order valence-electron chi connectivity index (χ4n) is 1.65. The molecule has 0 saturated carbocycles. The molecular weight excluding hydrogens is 342 g/mol. The Morgan fingerprint density at radius 2 is 1.95 bits per heavy atom. The molecule has 0 bridgehead atoms. The number of carbonyl (C=O) groups is 2. The van der Waals surface area contributed by atoms with Crippen LogP contribution >= 0.6 is 27.3 Å². The molecule has 20 heavy (non-hydrogen) atoms. The van der Waals surface area contributed by atoms with Crippen LogP contribution in [0.5, 0.6) is 0 Å². The van der Waals surface area contributed by atoms with E-state index in [0.29, 0.717) is 17.2 Å². The summed E-state index contributed by atoms with van der Waals surface area (Å²) in [6.07, 6.45) is 0. The third kappa shape index (κ3) is 3.82. The van der Waals surface area contributed by atoms with Gasteiger partial charge in [-0.1, -0.05) is 29.8 Å². The standard InChI is InChI=1S/C14H20BrNO3S/c1-6-19-14(18)10-8(4)9(5)20-13(10)16-12(17)11(15)7(2)3/h7,11H,6H2,1-5H3,(H,16,17). The third-order valence-electron chi connectivity index (χ3n) is 2.94. The van der Waals surface area contributed by atoms with Gasteiger partial charge in [0.05, 0.1) is 17.0 Å². The molecule has 1 heterocycles. The van der Waals surface area contributed by atoms with Gasteiger partial charge in [-0.25, -0.2) is 4.79 Å². The number of esters is 1. The van der Waals surface area contributed by atoms with Crippen molar-refractivity contribution in [2.45, 2.75) is 39.4 Å². The first kappa shape index (κ1) is 17.2. The Morgan fingerprint density at radius 1 is 1.35 bits per heavy atom. The fourth-order valence-corrected chi connectivity index (χ4v) is 2.81. The Bertz CT molecular complexity index is 511.